The largest absolute Gasteiger partial charge is 0.497 e. The second-order valence-electron chi connectivity index (χ2n) is 5.05. The Morgan fingerprint density at radius 2 is 2.00 bits per heavy atom. The molecule has 25 heavy (non-hydrogen) atoms. The third kappa shape index (κ3) is 3.89. The van der Waals surface area contributed by atoms with Crippen LogP contribution in [0.5, 0.6) is 5.75 Å². The van der Waals surface area contributed by atoms with E-state index in [2.05, 4.69) is 0 Å². The van der Waals surface area contributed by atoms with Crippen molar-refractivity contribution in [2.75, 3.05) is 14.2 Å². The van der Waals surface area contributed by atoms with E-state index < -0.39 is 31.3 Å². The lowest BCUT2D eigenvalue weighted by Gasteiger charge is -2.18. The molecule has 0 bridgehead atoms. The molecule has 10 heteroatoms. The minimum atomic E-state index is -4.26. The second kappa shape index (κ2) is 7.34. The summed E-state index contributed by atoms with van der Waals surface area (Å²) in [4.78, 5) is 9.87. The van der Waals surface area contributed by atoms with E-state index >= 15 is 0 Å². The Hall–Kier alpha value is -2.23. The van der Waals surface area contributed by atoms with E-state index in [-0.39, 0.29) is 22.9 Å². The fourth-order valence-electron chi connectivity index (χ4n) is 2.14. The molecular weight excluding hydrogens is 375 g/mol. The van der Waals surface area contributed by atoms with Crippen LogP contribution < -0.4 is 4.74 Å². The molecule has 0 unspecified atom stereocenters. The molecule has 0 aromatic heterocycles. The fraction of sp³-hybridized carbons (Fsp3) is 0.200. The molecule has 0 fully saturated rings. The molecular formula is C15H14ClFN2O5S. The van der Waals surface area contributed by atoms with E-state index in [0.717, 1.165) is 22.5 Å². The zero-order valence-electron chi connectivity index (χ0n) is 13.3. The van der Waals surface area contributed by atoms with Gasteiger partial charge in [-0.3, -0.25) is 10.1 Å². The zero-order valence-corrected chi connectivity index (χ0v) is 14.8. The highest BCUT2D eigenvalue weighted by Gasteiger charge is 2.31. The lowest BCUT2D eigenvalue weighted by Crippen LogP contribution is -2.27. The number of benzene rings is 2. The minimum Gasteiger partial charge on any atom is -0.497 e. The number of nitro benzene ring substituents is 1. The van der Waals surface area contributed by atoms with Crippen molar-refractivity contribution in [3.63, 3.8) is 0 Å². The topological polar surface area (TPSA) is 89.8 Å². The molecule has 0 radical (unpaired) electrons. The van der Waals surface area contributed by atoms with Crippen molar-refractivity contribution in [2.45, 2.75) is 11.4 Å². The number of halogens is 2. The van der Waals surface area contributed by atoms with Crippen LogP contribution in [0.4, 0.5) is 10.1 Å². The summed E-state index contributed by atoms with van der Waals surface area (Å²) in [6, 6.07) is 7.35. The average Bonchev–Trinajstić information content (AvgIpc) is 2.57. The summed E-state index contributed by atoms with van der Waals surface area (Å²) >= 11 is 5.90. The highest BCUT2D eigenvalue weighted by molar-refractivity contribution is 7.89. The molecule has 2 aromatic rings. The number of hydrogen-bond donors (Lipinski definition) is 0. The van der Waals surface area contributed by atoms with Gasteiger partial charge in [0.15, 0.2) is 4.90 Å². The van der Waals surface area contributed by atoms with Crippen LogP contribution in [0.3, 0.4) is 0 Å². The third-order valence-electron chi connectivity index (χ3n) is 3.49. The standard InChI is InChI=1S/C15H14ClFN2O5S/c1-18(9-11-12(16)4-3-5-13(11)17)25(22,23)15-7-6-10(24-2)8-14(15)19(20)21/h3-8H,9H2,1-2H3. The zero-order chi connectivity index (χ0) is 18.8. The quantitative estimate of drug-likeness (QED) is 0.560. The van der Waals surface area contributed by atoms with Crippen molar-refractivity contribution in [1.29, 1.82) is 0 Å². The van der Waals surface area contributed by atoms with Crippen molar-refractivity contribution >= 4 is 27.3 Å². The van der Waals surface area contributed by atoms with E-state index in [9.17, 15) is 22.9 Å². The third-order valence-corrected chi connectivity index (χ3v) is 5.70. The van der Waals surface area contributed by atoms with Crippen molar-refractivity contribution in [1.82, 2.24) is 4.31 Å². The molecule has 0 saturated carbocycles. The van der Waals surface area contributed by atoms with Crippen LogP contribution in [-0.2, 0) is 16.6 Å². The highest BCUT2D eigenvalue weighted by Crippen LogP contribution is 2.31. The molecule has 0 atom stereocenters. The highest BCUT2D eigenvalue weighted by atomic mass is 35.5. The molecule has 7 nitrogen and oxygen atoms in total. The van der Waals surface area contributed by atoms with Crippen molar-refractivity contribution in [3.05, 3.63) is 62.9 Å². The summed E-state index contributed by atoms with van der Waals surface area (Å²) < 4.78 is 45.0. The summed E-state index contributed by atoms with van der Waals surface area (Å²) in [5, 5.41) is 11.3. The van der Waals surface area contributed by atoms with Crippen LogP contribution >= 0.6 is 11.6 Å². The van der Waals surface area contributed by atoms with Gasteiger partial charge < -0.3 is 4.74 Å². The molecule has 0 heterocycles. The Balaban J connectivity index is 2.46. The van der Waals surface area contributed by atoms with Crippen LogP contribution in [0.2, 0.25) is 5.02 Å². The van der Waals surface area contributed by atoms with Gasteiger partial charge in [0.2, 0.25) is 10.0 Å². The molecule has 0 aliphatic carbocycles. The SMILES string of the molecule is COc1ccc(S(=O)(=O)N(C)Cc2c(F)cccc2Cl)c([N+](=O)[O-])c1. The van der Waals surface area contributed by atoms with Crippen LogP contribution in [0.15, 0.2) is 41.3 Å². The Morgan fingerprint density at radius 3 is 2.56 bits per heavy atom. The number of rotatable bonds is 6. The van der Waals surface area contributed by atoms with Crippen molar-refractivity contribution in [3.8, 4) is 5.75 Å². The van der Waals surface area contributed by atoms with Gasteiger partial charge in [0.25, 0.3) is 5.69 Å². The maximum Gasteiger partial charge on any atom is 0.293 e. The minimum absolute atomic E-state index is 0.0218. The summed E-state index contributed by atoms with van der Waals surface area (Å²) in [7, 11) is -1.77. The molecule has 134 valence electrons. The molecule has 0 N–H and O–H groups in total. The Bertz CT molecular complexity index is 900. The van der Waals surface area contributed by atoms with Crippen LogP contribution in [0, 0.1) is 15.9 Å². The number of methoxy groups -OCH3 is 1. The molecule has 0 spiro atoms. The Kier molecular flexibility index (Phi) is 5.61. The molecule has 0 aliphatic heterocycles. The smallest absolute Gasteiger partial charge is 0.293 e. The number of nitro groups is 1. The first kappa shape index (κ1) is 19.1. The molecule has 2 aromatic carbocycles. The molecule has 0 aliphatic rings. The number of nitrogens with zero attached hydrogens (tertiary/aromatic N) is 2. The van der Waals surface area contributed by atoms with Gasteiger partial charge in [0.05, 0.1) is 18.1 Å². The first-order chi connectivity index (χ1) is 11.7. The summed E-state index contributed by atoms with van der Waals surface area (Å²) in [5.74, 6) is -0.524. The van der Waals surface area contributed by atoms with E-state index in [4.69, 9.17) is 16.3 Å². The van der Waals surface area contributed by atoms with Gasteiger partial charge in [-0.1, -0.05) is 17.7 Å². The second-order valence-corrected chi connectivity index (χ2v) is 7.47. The van der Waals surface area contributed by atoms with Crippen molar-refractivity contribution < 1.29 is 22.5 Å². The summed E-state index contributed by atoms with van der Waals surface area (Å²) in [6.45, 7) is -0.378. The van der Waals surface area contributed by atoms with Gasteiger partial charge >= 0.3 is 0 Å². The van der Waals surface area contributed by atoms with Gasteiger partial charge in [-0.25, -0.2) is 12.8 Å². The number of ether oxygens (including phenoxy) is 1. The van der Waals surface area contributed by atoms with Gasteiger partial charge in [0, 0.05) is 24.2 Å². The van der Waals surface area contributed by atoms with Crippen LogP contribution in [0.1, 0.15) is 5.56 Å². The first-order valence-corrected chi connectivity index (χ1v) is 8.72. The van der Waals surface area contributed by atoms with Crippen LogP contribution in [0.25, 0.3) is 0 Å². The lowest BCUT2D eigenvalue weighted by atomic mass is 10.2. The molecule has 2 rings (SSSR count). The van der Waals surface area contributed by atoms with Gasteiger partial charge in [-0.15, -0.1) is 0 Å². The summed E-state index contributed by atoms with van der Waals surface area (Å²) in [6.07, 6.45) is 0. The van der Waals surface area contributed by atoms with E-state index in [1.54, 1.807) is 0 Å². The first-order valence-electron chi connectivity index (χ1n) is 6.90. The van der Waals surface area contributed by atoms with E-state index in [1.807, 2.05) is 0 Å². The Morgan fingerprint density at radius 1 is 1.32 bits per heavy atom. The Labute approximate surface area is 148 Å². The van der Waals surface area contributed by atoms with Crippen molar-refractivity contribution in [2.24, 2.45) is 0 Å². The van der Waals surface area contributed by atoms with Gasteiger partial charge in [-0.2, -0.15) is 4.31 Å². The van der Waals surface area contributed by atoms with E-state index in [0.29, 0.717) is 0 Å². The van der Waals surface area contributed by atoms with Crippen LogP contribution in [-0.4, -0.2) is 31.8 Å². The number of sulfonamides is 1. The average molecular weight is 389 g/mol. The predicted molar refractivity (Wildman–Crippen MR) is 89.7 cm³/mol. The maximum atomic E-state index is 13.9. The monoisotopic (exact) mass is 388 g/mol. The predicted octanol–water partition coefficient (Wildman–Crippen LogP) is 3.22. The number of hydrogen-bond acceptors (Lipinski definition) is 5. The summed E-state index contributed by atoms with van der Waals surface area (Å²) in [5.41, 5.74) is -0.655. The van der Waals surface area contributed by atoms with E-state index in [1.165, 1.54) is 32.4 Å². The molecule has 0 saturated heterocycles. The molecule has 0 amide bonds. The normalized spacial score (nSPS) is 11.6. The lowest BCUT2D eigenvalue weighted by molar-refractivity contribution is -0.387. The van der Waals surface area contributed by atoms with Gasteiger partial charge in [-0.05, 0) is 24.3 Å². The maximum absolute atomic E-state index is 13.9. The fourth-order valence-corrected chi connectivity index (χ4v) is 3.64. The van der Waals surface area contributed by atoms with Gasteiger partial charge in [0.1, 0.15) is 11.6 Å².